The molecule has 0 bridgehead atoms. The molecule has 1 saturated heterocycles. The number of piperidine rings is 1. The maximum atomic E-state index is 13.1. The lowest BCUT2D eigenvalue weighted by atomic mass is 9.98. The van der Waals surface area contributed by atoms with Crippen molar-refractivity contribution in [1.82, 2.24) is 5.32 Å². The van der Waals surface area contributed by atoms with Crippen LogP contribution in [-0.4, -0.2) is 18.4 Å². The topological polar surface area (TPSA) is 58.2 Å². The van der Waals surface area contributed by atoms with E-state index in [-0.39, 0.29) is 17.7 Å². The molecule has 1 unspecified atom stereocenters. The van der Waals surface area contributed by atoms with E-state index < -0.39 is 5.82 Å². The predicted molar refractivity (Wildman–Crippen MR) is 68.5 cm³/mol. The van der Waals surface area contributed by atoms with Crippen LogP contribution in [0.1, 0.15) is 12.8 Å². The highest BCUT2D eigenvalue weighted by molar-refractivity contribution is 9.10. The van der Waals surface area contributed by atoms with Gasteiger partial charge in [0.05, 0.1) is 11.6 Å². The Morgan fingerprint density at radius 3 is 2.94 bits per heavy atom. The van der Waals surface area contributed by atoms with Crippen LogP contribution in [0.15, 0.2) is 22.7 Å². The largest absolute Gasteiger partial charge is 0.355 e. The summed E-state index contributed by atoms with van der Waals surface area (Å²) in [5.41, 5.74) is 0.400. The molecule has 2 amide bonds. The number of halogens is 2. The maximum Gasteiger partial charge on any atom is 0.229 e. The number of carbonyl (C=O) groups is 2. The third kappa shape index (κ3) is 3.07. The van der Waals surface area contributed by atoms with Gasteiger partial charge in [0, 0.05) is 17.4 Å². The zero-order valence-electron chi connectivity index (χ0n) is 9.50. The molecule has 0 spiro atoms. The Morgan fingerprint density at radius 2 is 2.28 bits per heavy atom. The fourth-order valence-corrected chi connectivity index (χ4v) is 2.13. The number of rotatable bonds is 2. The lowest BCUT2D eigenvalue weighted by molar-refractivity contribution is -0.126. The third-order valence-corrected chi connectivity index (χ3v) is 3.51. The van der Waals surface area contributed by atoms with Gasteiger partial charge in [0.25, 0.3) is 0 Å². The van der Waals surface area contributed by atoms with Gasteiger partial charge in [0.1, 0.15) is 5.82 Å². The van der Waals surface area contributed by atoms with Crippen LogP contribution in [0.25, 0.3) is 0 Å². The molecule has 2 N–H and O–H groups in total. The number of benzene rings is 1. The van der Waals surface area contributed by atoms with Gasteiger partial charge in [-0.15, -0.1) is 0 Å². The first-order chi connectivity index (χ1) is 8.56. The quantitative estimate of drug-likeness (QED) is 0.877. The molecule has 1 atom stereocenters. The van der Waals surface area contributed by atoms with Crippen molar-refractivity contribution in [3.63, 3.8) is 0 Å². The Kier molecular flexibility index (Phi) is 3.96. The fraction of sp³-hybridized carbons (Fsp3) is 0.333. The van der Waals surface area contributed by atoms with Crippen molar-refractivity contribution in [2.45, 2.75) is 12.8 Å². The molecule has 0 aliphatic carbocycles. The number of carbonyl (C=O) groups excluding carboxylic acids is 2. The van der Waals surface area contributed by atoms with E-state index in [1.165, 1.54) is 18.2 Å². The first-order valence-electron chi connectivity index (χ1n) is 5.59. The van der Waals surface area contributed by atoms with Gasteiger partial charge in [-0.1, -0.05) is 0 Å². The first kappa shape index (κ1) is 13.0. The van der Waals surface area contributed by atoms with Crippen molar-refractivity contribution in [3.05, 3.63) is 28.5 Å². The summed E-state index contributed by atoms with van der Waals surface area (Å²) in [5, 5.41) is 5.30. The van der Waals surface area contributed by atoms with Crippen LogP contribution in [0, 0.1) is 11.7 Å². The highest BCUT2D eigenvalue weighted by Crippen LogP contribution is 2.24. The van der Waals surface area contributed by atoms with E-state index in [4.69, 9.17) is 0 Å². The number of hydrogen-bond donors (Lipinski definition) is 2. The van der Waals surface area contributed by atoms with Gasteiger partial charge < -0.3 is 10.6 Å². The van der Waals surface area contributed by atoms with Gasteiger partial charge in [-0.25, -0.2) is 4.39 Å². The lowest BCUT2D eigenvalue weighted by Gasteiger charge is -2.21. The third-order valence-electron chi connectivity index (χ3n) is 2.82. The van der Waals surface area contributed by atoms with Gasteiger partial charge in [-0.05, 0) is 40.5 Å². The van der Waals surface area contributed by atoms with Gasteiger partial charge >= 0.3 is 0 Å². The summed E-state index contributed by atoms with van der Waals surface area (Å²) >= 11 is 3.24. The molecule has 0 aromatic heterocycles. The van der Waals surface area contributed by atoms with Crippen molar-refractivity contribution in [2.24, 2.45) is 5.92 Å². The fourth-order valence-electron chi connectivity index (χ4n) is 1.78. The summed E-state index contributed by atoms with van der Waals surface area (Å²) in [6.07, 6.45) is 0.868. The molecule has 1 fully saturated rings. The Labute approximate surface area is 112 Å². The highest BCUT2D eigenvalue weighted by atomic mass is 79.9. The monoisotopic (exact) mass is 314 g/mol. The van der Waals surface area contributed by atoms with Crippen LogP contribution in [-0.2, 0) is 9.59 Å². The summed E-state index contributed by atoms with van der Waals surface area (Å²) < 4.78 is 13.7. The number of hydrogen-bond acceptors (Lipinski definition) is 2. The van der Waals surface area contributed by atoms with Gasteiger partial charge in [-0.2, -0.15) is 0 Å². The number of nitrogens with one attached hydrogen (secondary N) is 2. The minimum atomic E-state index is -0.412. The minimum absolute atomic E-state index is 0.0361. The summed E-state index contributed by atoms with van der Waals surface area (Å²) in [6.45, 7) is 0.331. The van der Waals surface area contributed by atoms with Crippen LogP contribution in [0.5, 0.6) is 0 Å². The average molecular weight is 315 g/mol. The van der Waals surface area contributed by atoms with E-state index in [1.54, 1.807) is 0 Å². The van der Waals surface area contributed by atoms with Crippen molar-refractivity contribution < 1.29 is 14.0 Å². The average Bonchev–Trinajstić information content (AvgIpc) is 2.34. The Bertz CT molecular complexity index is 483. The SMILES string of the molecule is O=C1CCC(C(=O)Nc2cc(F)ccc2Br)CN1. The number of amides is 2. The van der Waals surface area contributed by atoms with Crippen LogP contribution in [0.4, 0.5) is 10.1 Å². The van der Waals surface area contributed by atoms with E-state index in [0.29, 0.717) is 29.5 Å². The van der Waals surface area contributed by atoms with Crippen molar-refractivity contribution in [2.75, 3.05) is 11.9 Å². The Balaban J connectivity index is 2.02. The van der Waals surface area contributed by atoms with Crippen LogP contribution >= 0.6 is 15.9 Å². The molecule has 6 heteroatoms. The smallest absolute Gasteiger partial charge is 0.229 e. The normalized spacial score (nSPS) is 19.2. The zero-order valence-corrected chi connectivity index (χ0v) is 11.1. The van der Waals surface area contributed by atoms with Crippen molar-refractivity contribution in [3.8, 4) is 0 Å². The second-order valence-corrected chi connectivity index (χ2v) is 5.01. The second kappa shape index (κ2) is 5.48. The Morgan fingerprint density at radius 1 is 1.50 bits per heavy atom. The number of anilines is 1. The molecule has 18 heavy (non-hydrogen) atoms. The van der Waals surface area contributed by atoms with E-state index in [1.807, 2.05) is 0 Å². The molecule has 96 valence electrons. The molecular formula is C12H12BrFN2O2. The van der Waals surface area contributed by atoms with Crippen molar-refractivity contribution >= 4 is 33.4 Å². The maximum absolute atomic E-state index is 13.1. The van der Waals surface area contributed by atoms with Crippen LogP contribution in [0.2, 0.25) is 0 Å². The van der Waals surface area contributed by atoms with Gasteiger partial charge in [-0.3, -0.25) is 9.59 Å². The predicted octanol–water partition coefficient (Wildman–Crippen LogP) is 2.05. The van der Waals surface area contributed by atoms with Gasteiger partial charge in [0.2, 0.25) is 11.8 Å². The van der Waals surface area contributed by atoms with Crippen LogP contribution < -0.4 is 10.6 Å². The Hall–Kier alpha value is -1.43. The van der Waals surface area contributed by atoms with Gasteiger partial charge in [0.15, 0.2) is 0 Å². The lowest BCUT2D eigenvalue weighted by Crippen LogP contribution is -2.40. The summed E-state index contributed by atoms with van der Waals surface area (Å²) in [7, 11) is 0. The molecule has 0 saturated carbocycles. The standard InChI is InChI=1S/C12H12BrFN2O2/c13-9-3-2-8(14)5-10(9)16-12(18)7-1-4-11(17)15-6-7/h2-3,5,7H,1,4,6H2,(H,15,17)(H,16,18). The van der Waals surface area contributed by atoms with E-state index in [2.05, 4.69) is 26.6 Å². The highest BCUT2D eigenvalue weighted by Gasteiger charge is 2.24. The molecular weight excluding hydrogens is 303 g/mol. The molecule has 1 heterocycles. The summed E-state index contributed by atoms with van der Waals surface area (Å²) in [5.74, 6) is -0.921. The molecule has 0 radical (unpaired) electrons. The van der Waals surface area contributed by atoms with E-state index >= 15 is 0 Å². The summed E-state index contributed by atoms with van der Waals surface area (Å²) in [4.78, 5) is 22.9. The first-order valence-corrected chi connectivity index (χ1v) is 6.38. The molecule has 2 rings (SSSR count). The van der Waals surface area contributed by atoms with Crippen molar-refractivity contribution in [1.29, 1.82) is 0 Å². The molecule has 1 aliphatic heterocycles. The zero-order chi connectivity index (χ0) is 13.1. The second-order valence-electron chi connectivity index (χ2n) is 4.15. The molecule has 1 aromatic rings. The minimum Gasteiger partial charge on any atom is -0.355 e. The van der Waals surface area contributed by atoms with E-state index in [9.17, 15) is 14.0 Å². The van der Waals surface area contributed by atoms with Crippen LogP contribution in [0.3, 0.4) is 0 Å². The molecule has 1 aromatic carbocycles. The molecule has 1 aliphatic rings. The summed E-state index contributed by atoms with van der Waals surface area (Å²) in [6, 6.07) is 4.09. The van der Waals surface area contributed by atoms with E-state index in [0.717, 1.165) is 0 Å². The molecule has 4 nitrogen and oxygen atoms in total.